The third kappa shape index (κ3) is 2.03. The van der Waals surface area contributed by atoms with Crippen LogP contribution in [0.5, 0.6) is 0 Å². The SMILES string of the molecule is CS(=O)C1CCCCC1C#N. The highest BCUT2D eigenvalue weighted by Gasteiger charge is 2.27. The van der Waals surface area contributed by atoms with Gasteiger partial charge in [0.1, 0.15) is 0 Å². The zero-order chi connectivity index (χ0) is 8.27. The van der Waals surface area contributed by atoms with Crippen LogP contribution in [0.25, 0.3) is 0 Å². The van der Waals surface area contributed by atoms with E-state index in [-0.39, 0.29) is 11.2 Å². The molecule has 1 rings (SSSR count). The summed E-state index contributed by atoms with van der Waals surface area (Å²) >= 11 is 0. The Hall–Kier alpha value is -0.360. The van der Waals surface area contributed by atoms with Crippen LogP contribution < -0.4 is 0 Å². The Balaban J connectivity index is 2.60. The maximum atomic E-state index is 11.1. The molecule has 3 unspecified atom stereocenters. The van der Waals surface area contributed by atoms with Crippen molar-refractivity contribution in [3.63, 3.8) is 0 Å². The monoisotopic (exact) mass is 171 g/mol. The maximum Gasteiger partial charge on any atom is 0.0668 e. The van der Waals surface area contributed by atoms with Crippen molar-refractivity contribution in [1.29, 1.82) is 5.26 Å². The lowest BCUT2D eigenvalue weighted by atomic mass is 9.90. The predicted octanol–water partition coefficient (Wildman–Crippen LogP) is 1.45. The molecule has 11 heavy (non-hydrogen) atoms. The molecule has 0 bridgehead atoms. The van der Waals surface area contributed by atoms with E-state index in [0.29, 0.717) is 0 Å². The molecule has 1 fully saturated rings. The molecule has 0 spiro atoms. The Labute approximate surface area is 70.1 Å². The fraction of sp³-hybridized carbons (Fsp3) is 0.875. The molecule has 0 heterocycles. The number of nitriles is 1. The average molecular weight is 171 g/mol. The van der Waals surface area contributed by atoms with Crippen LogP contribution in [0.4, 0.5) is 0 Å². The number of nitrogens with zero attached hydrogens (tertiary/aromatic N) is 1. The van der Waals surface area contributed by atoms with Gasteiger partial charge in [0.2, 0.25) is 0 Å². The third-order valence-corrected chi connectivity index (χ3v) is 3.71. The molecule has 1 saturated carbocycles. The lowest BCUT2D eigenvalue weighted by Gasteiger charge is -2.24. The summed E-state index contributed by atoms with van der Waals surface area (Å²) in [5.41, 5.74) is 0. The van der Waals surface area contributed by atoms with Crippen molar-refractivity contribution in [3.05, 3.63) is 0 Å². The minimum atomic E-state index is -0.804. The van der Waals surface area contributed by atoms with Gasteiger partial charge in [0.05, 0.1) is 17.2 Å². The smallest absolute Gasteiger partial charge is 0.0668 e. The van der Waals surface area contributed by atoms with Gasteiger partial charge in [-0.1, -0.05) is 12.8 Å². The first-order valence-electron chi connectivity index (χ1n) is 3.97. The van der Waals surface area contributed by atoms with Crippen molar-refractivity contribution >= 4 is 10.8 Å². The molecule has 0 saturated heterocycles. The molecule has 3 atom stereocenters. The van der Waals surface area contributed by atoms with E-state index in [9.17, 15) is 4.21 Å². The Morgan fingerprint density at radius 3 is 2.55 bits per heavy atom. The molecular formula is C8H13NOS. The highest BCUT2D eigenvalue weighted by atomic mass is 32.2. The second-order valence-electron chi connectivity index (χ2n) is 3.06. The van der Waals surface area contributed by atoms with Gasteiger partial charge in [-0.15, -0.1) is 0 Å². The first kappa shape index (κ1) is 8.73. The van der Waals surface area contributed by atoms with Crippen LogP contribution in [-0.4, -0.2) is 15.7 Å². The maximum absolute atomic E-state index is 11.1. The van der Waals surface area contributed by atoms with Crippen molar-refractivity contribution in [2.75, 3.05) is 6.26 Å². The summed E-state index contributed by atoms with van der Waals surface area (Å²) in [4.78, 5) is 0. The molecular weight excluding hydrogens is 158 g/mol. The fourth-order valence-electron chi connectivity index (χ4n) is 1.64. The highest BCUT2D eigenvalue weighted by molar-refractivity contribution is 7.84. The van der Waals surface area contributed by atoms with Crippen LogP contribution in [0.15, 0.2) is 0 Å². The third-order valence-electron chi connectivity index (χ3n) is 2.29. The van der Waals surface area contributed by atoms with Gasteiger partial charge >= 0.3 is 0 Å². The molecule has 0 aromatic carbocycles. The zero-order valence-electron chi connectivity index (χ0n) is 6.75. The number of hydrogen-bond donors (Lipinski definition) is 0. The van der Waals surface area contributed by atoms with Gasteiger partial charge in [-0.3, -0.25) is 4.21 Å². The van der Waals surface area contributed by atoms with Crippen molar-refractivity contribution < 1.29 is 4.21 Å². The van der Waals surface area contributed by atoms with Gasteiger partial charge in [0, 0.05) is 17.1 Å². The van der Waals surface area contributed by atoms with Gasteiger partial charge in [0.15, 0.2) is 0 Å². The van der Waals surface area contributed by atoms with Crippen molar-refractivity contribution in [3.8, 4) is 6.07 Å². The van der Waals surface area contributed by atoms with E-state index < -0.39 is 10.8 Å². The quantitative estimate of drug-likeness (QED) is 0.599. The van der Waals surface area contributed by atoms with E-state index in [4.69, 9.17) is 5.26 Å². The van der Waals surface area contributed by atoms with E-state index in [0.717, 1.165) is 25.7 Å². The summed E-state index contributed by atoms with van der Waals surface area (Å²) < 4.78 is 11.1. The molecule has 0 radical (unpaired) electrons. The molecule has 62 valence electrons. The van der Waals surface area contributed by atoms with E-state index in [1.165, 1.54) is 0 Å². The molecule has 0 aliphatic heterocycles. The summed E-state index contributed by atoms with van der Waals surface area (Å²) in [6, 6.07) is 2.24. The second kappa shape index (κ2) is 3.87. The Kier molecular flexibility index (Phi) is 3.07. The highest BCUT2D eigenvalue weighted by Crippen LogP contribution is 2.26. The molecule has 1 aliphatic carbocycles. The van der Waals surface area contributed by atoms with Gasteiger partial charge in [-0.2, -0.15) is 5.26 Å². The second-order valence-corrected chi connectivity index (χ2v) is 4.66. The lowest BCUT2D eigenvalue weighted by Crippen LogP contribution is -2.27. The van der Waals surface area contributed by atoms with Crippen molar-refractivity contribution in [1.82, 2.24) is 0 Å². The van der Waals surface area contributed by atoms with Crippen molar-refractivity contribution in [2.45, 2.75) is 30.9 Å². The van der Waals surface area contributed by atoms with Gasteiger partial charge in [-0.05, 0) is 12.8 Å². The van der Waals surface area contributed by atoms with Crippen molar-refractivity contribution in [2.24, 2.45) is 5.92 Å². The van der Waals surface area contributed by atoms with E-state index in [1.54, 1.807) is 6.26 Å². The van der Waals surface area contributed by atoms with Crippen LogP contribution in [-0.2, 0) is 10.8 Å². The van der Waals surface area contributed by atoms with Gasteiger partial charge in [-0.25, -0.2) is 0 Å². The molecule has 2 nitrogen and oxygen atoms in total. The van der Waals surface area contributed by atoms with Crippen LogP contribution in [0, 0.1) is 17.2 Å². The zero-order valence-corrected chi connectivity index (χ0v) is 7.56. The molecule has 0 aromatic heterocycles. The average Bonchev–Trinajstić information content (AvgIpc) is 2.04. The largest absolute Gasteiger partial charge is 0.260 e. The Morgan fingerprint density at radius 1 is 1.45 bits per heavy atom. The Morgan fingerprint density at radius 2 is 2.09 bits per heavy atom. The normalized spacial score (nSPS) is 34.2. The lowest BCUT2D eigenvalue weighted by molar-refractivity contribution is 0.432. The summed E-state index contributed by atoms with van der Waals surface area (Å²) in [6.45, 7) is 0. The van der Waals surface area contributed by atoms with Crippen LogP contribution in [0.2, 0.25) is 0 Å². The van der Waals surface area contributed by atoms with Crippen LogP contribution in [0.1, 0.15) is 25.7 Å². The van der Waals surface area contributed by atoms with E-state index >= 15 is 0 Å². The minimum Gasteiger partial charge on any atom is -0.260 e. The molecule has 1 aliphatic rings. The van der Waals surface area contributed by atoms with Crippen LogP contribution in [0.3, 0.4) is 0 Å². The first-order chi connectivity index (χ1) is 5.25. The summed E-state index contributed by atoms with van der Waals surface area (Å²) in [5, 5.41) is 8.87. The van der Waals surface area contributed by atoms with Crippen LogP contribution >= 0.6 is 0 Å². The van der Waals surface area contributed by atoms with Gasteiger partial charge < -0.3 is 0 Å². The minimum absolute atomic E-state index is 0.0505. The molecule has 0 aromatic rings. The molecule has 3 heteroatoms. The van der Waals surface area contributed by atoms with Gasteiger partial charge in [0.25, 0.3) is 0 Å². The number of hydrogen-bond acceptors (Lipinski definition) is 2. The number of rotatable bonds is 1. The van der Waals surface area contributed by atoms with E-state index in [2.05, 4.69) is 6.07 Å². The summed E-state index contributed by atoms with van der Waals surface area (Å²) in [5.74, 6) is 0.0505. The fourth-order valence-corrected chi connectivity index (χ4v) is 2.80. The molecule has 0 N–H and O–H groups in total. The molecule has 0 amide bonds. The predicted molar refractivity (Wildman–Crippen MR) is 45.4 cm³/mol. The topological polar surface area (TPSA) is 40.9 Å². The summed E-state index contributed by atoms with van der Waals surface area (Å²) in [7, 11) is -0.804. The first-order valence-corrected chi connectivity index (χ1v) is 5.59. The summed E-state index contributed by atoms with van der Waals surface area (Å²) in [6.07, 6.45) is 5.90. The standard InChI is InChI=1S/C8H13NOS/c1-11(10)8-5-3-2-4-7(8)6-9/h7-8H,2-5H2,1H3. The van der Waals surface area contributed by atoms with E-state index in [1.807, 2.05) is 0 Å². The Bertz CT molecular complexity index is 197.